The van der Waals surface area contributed by atoms with Gasteiger partial charge in [-0.05, 0) is 25.1 Å². The van der Waals surface area contributed by atoms with Gasteiger partial charge in [0.2, 0.25) is 0 Å². The maximum atomic E-state index is 12.9. The Kier molecular flexibility index (Phi) is 4.73. The molecule has 1 nitrogen and oxygen atoms in total. The molecule has 0 spiro atoms. The number of carbonyl (C=O) groups excluding carboxylic acids is 1. The summed E-state index contributed by atoms with van der Waals surface area (Å²) in [4.78, 5) is 12.9. The molecule has 0 heterocycles. The molecule has 0 atom stereocenters. The van der Waals surface area contributed by atoms with Gasteiger partial charge < -0.3 is 0 Å². The fourth-order valence-corrected chi connectivity index (χ4v) is 2.80. The lowest BCUT2D eigenvalue weighted by molar-refractivity contribution is -0.137. The standard InChI is InChI=1S/C16H13F3OS/c1-11-5-4-6-12(9-11)21-10-15(20)13-7-2-3-8-14(13)16(17,18)19/h2-9H,10H2,1H3. The van der Waals surface area contributed by atoms with E-state index in [-0.39, 0.29) is 11.3 Å². The van der Waals surface area contributed by atoms with E-state index in [4.69, 9.17) is 0 Å². The van der Waals surface area contributed by atoms with Crippen LogP contribution in [0.5, 0.6) is 0 Å². The van der Waals surface area contributed by atoms with Gasteiger partial charge in [-0.1, -0.05) is 35.9 Å². The summed E-state index contributed by atoms with van der Waals surface area (Å²) < 4.78 is 38.6. The van der Waals surface area contributed by atoms with Crippen LogP contribution in [-0.4, -0.2) is 11.5 Å². The van der Waals surface area contributed by atoms with Crippen LogP contribution in [0.1, 0.15) is 21.5 Å². The number of halogens is 3. The van der Waals surface area contributed by atoms with Crippen LogP contribution in [-0.2, 0) is 6.18 Å². The minimum absolute atomic E-state index is 0.0173. The third-order valence-electron chi connectivity index (χ3n) is 2.89. The van der Waals surface area contributed by atoms with Crippen molar-refractivity contribution in [2.24, 2.45) is 0 Å². The van der Waals surface area contributed by atoms with Crippen molar-refractivity contribution in [2.75, 3.05) is 5.75 Å². The topological polar surface area (TPSA) is 17.1 Å². The Morgan fingerprint density at radius 2 is 1.81 bits per heavy atom. The highest BCUT2D eigenvalue weighted by atomic mass is 32.2. The van der Waals surface area contributed by atoms with E-state index >= 15 is 0 Å². The smallest absolute Gasteiger partial charge is 0.293 e. The molecule has 2 rings (SSSR count). The average molecular weight is 310 g/mol. The number of thioether (sulfide) groups is 1. The molecule has 0 saturated heterocycles. The second-order valence-corrected chi connectivity index (χ2v) is 5.62. The number of hydrogen-bond acceptors (Lipinski definition) is 2. The van der Waals surface area contributed by atoms with Crippen molar-refractivity contribution in [3.63, 3.8) is 0 Å². The van der Waals surface area contributed by atoms with Crippen LogP contribution in [0.3, 0.4) is 0 Å². The highest BCUT2D eigenvalue weighted by Gasteiger charge is 2.34. The van der Waals surface area contributed by atoms with E-state index in [0.29, 0.717) is 0 Å². The summed E-state index contributed by atoms with van der Waals surface area (Å²) in [5, 5.41) is 0. The molecule has 21 heavy (non-hydrogen) atoms. The molecular weight excluding hydrogens is 297 g/mol. The Morgan fingerprint density at radius 3 is 2.48 bits per heavy atom. The zero-order valence-corrected chi connectivity index (χ0v) is 12.1. The fraction of sp³-hybridized carbons (Fsp3) is 0.188. The van der Waals surface area contributed by atoms with E-state index < -0.39 is 17.5 Å². The number of Topliss-reactive ketones (excluding diaryl/α,β-unsaturated/α-hetero) is 1. The summed E-state index contributed by atoms with van der Waals surface area (Å²) >= 11 is 1.24. The Hall–Kier alpha value is -1.75. The molecule has 0 amide bonds. The Bertz CT molecular complexity index is 650. The molecule has 5 heteroatoms. The fourth-order valence-electron chi connectivity index (χ4n) is 1.91. The largest absolute Gasteiger partial charge is 0.417 e. The van der Waals surface area contributed by atoms with E-state index in [0.717, 1.165) is 16.5 Å². The third-order valence-corrected chi connectivity index (χ3v) is 3.89. The van der Waals surface area contributed by atoms with Gasteiger partial charge >= 0.3 is 6.18 Å². The van der Waals surface area contributed by atoms with E-state index in [9.17, 15) is 18.0 Å². The summed E-state index contributed by atoms with van der Waals surface area (Å²) in [5.41, 5.74) is -0.104. The molecule has 0 N–H and O–H groups in total. The summed E-state index contributed by atoms with van der Waals surface area (Å²) in [6, 6.07) is 12.4. The van der Waals surface area contributed by atoms with Crippen molar-refractivity contribution < 1.29 is 18.0 Å². The highest BCUT2D eigenvalue weighted by molar-refractivity contribution is 8.00. The van der Waals surface area contributed by atoms with Crippen LogP contribution in [0.4, 0.5) is 13.2 Å². The first-order valence-corrected chi connectivity index (χ1v) is 7.25. The third kappa shape index (κ3) is 4.11. The molecule has 0 aliphatic heterocycles. The first-order chi connectivity index (χ1) is 9.88. The predicted octanol–water partition coefficient (Wildman–Crippen LogP) is 4.99. The maximum absolute atomic E-state index is 12.9. The summed E-state index contributed by atoms with van der Waals surface area (Å²) in [7, 11) is 0. The van der Waals surface area contributed by atoms with Crippen molar-refractivity contribution in [1.82, 2.24) is 0 Å². The number of ketones is 1. The van der Waals surface area contributed by atoms with Crippen molar-refractivity contribution in [3.8, 4) is 0 Å². The first kappa shape index (κ1) is 15.6. The highest BCUT2D eigenvalue weighted by Crippen LogP contribution is 2.32. The number of aryl methyl sites for hydroxylation is 1. The van der Waals surface area contributed by atoms with Gasteiger partial charge in [-0.3, -0.25) is 4.79 Å². The number of benzene rings is 2. The summed E-state index contributed by atoms with van der Waals surface area (Å²) in [6.07, 6.45) is -4.51. The molecular formula is C16H13F3OS. The van der Waals surface area contributed by atoms with Gasteiger partial charge in [0.1, 0.15) is 0 Å². The Morgan fingerprint density at radius 1 is 1.10 bits per heavy atom. The zero-order valence-electron chi connectivity index (χ0n) is 11.3. The molecule has 0 unspecified atom stereocenters. The number of hydrogen-bond donors (Lipinski definition) is 0. The quantitative estimate of drug-likeness (QED) is 0.584. The van der Waals surface area contributed by atoms with Gasteiger partial charge in [-0.2, -0.15) is 13.2 Å². The second kappa shape index (κ2) is 6.35. The van der Waals surface area contributed by atoms with Crippen molar-refractivity contribution in [2.45, 2.75) is 18.0 Å². The van der Waals surface area contributed by atoms with E-state index in [1.54, 1.807) is 0 Å². The van der Waals surface area contributed by atoms with Gasteiger partial charge in [0, 0.05) is 10.5 Å². The normalized spacial score (nSPS) is 11.4. The minimum atomic E-state index is -4.51. The van der Waals surface area contributed by atoms with Crippen molar-refractivity contribution >= 4 is 17.5 Å². The van der Waals surface area contributed by atoms with Crippen molar-refractivity contribution in [1.29, 1.82) is 0 Å². The number of rotatable bonds is 4. The zero-order chi connectivity index (χ0) is 15.5. The lowest BCUT2D eigenvalue weighted by Crippen LogP contribution is -2.14. The van der Waals surface area contributed by atoms with Gasteiger partial charge in [0.05, 0.1) is 11.3 Å². The molecule has 0 radical (unpaired) electrons. The SMILES string of the molecule is Cc1cccc(SCC(=O)c2ccccc2C(F)(F)F)c1. The number of carbonyl (C=O) groups is 1. The Balaban J connectivity index is 2.14. The van der Waals surface area contributed by atoms with Crippen molar-refractivity contribution in [3.05, 3.63) is 65.2 Å². The Labute approximate surface area is 125 Å². The van der Waals surface area contributed by atoms with Gasteiger partial charge in [0.15, 0.2) is 5.78 Å². The molecule has 0 saturated carbocycles. The van der Waals surface area contributed by atoms with Crippen LogP contribution in [0, 0.1) is 6.92 Å². The predicted molar refractivity (Wildman–Crippen MR) is 77.7 cm³/mol. The average Bonchev–Trinajstić information content (AvgIpc) is 2.44. The monoisotopic (exact) mass is 310 g/mol. The molecule has 0 aliphatic carbocycles. The summed E-state index contributed by atoms with van der Waals surface area (Å²) in [6.45, 7) is 1.92. The van der Waals surface area contributed by atoms with Crippen LogP contribution >= 0.6 is 11.8 Å². The second-order valence-electron chi connectivity index (χ2n) is 4.57. The molecule has 0 bridgehead atoms. The van der Waals surface area contributed by atoms with Gasteiger partial charge in [-0.15, -0.1) is 11.8 Å². The van der Waals surface area contributed by atoms with Crippen LogP contribution in [0.15, 0.2) is 53.4 Å². The lowest BCUT2D eigenvalue weighted by atomic mass is 10.0. The van der Waals surface area contributed by atoms with Gasteiger partial charge in [-0.25, -0.2) is 0 Å². The van der Waals surface area contributed by atoms with E-state index in [1.807, 2.05) is 31.2 Å². The first-order valence-electron chi connectivity index (χ1n) is 6.27. The van der Waals surface area contributed by atoms with Gasteiger partial charge in [0.25, 0.3) is 0 Å². The molecule has 0 fully saturated rings. The summed E-state index contributed by atoms with van der Waals surface area (Å²) in [5.74, 6) is -0.536. The molecule has 110 valence electrons. The maximum Gasteiger partial charge on any atom is 0.417 e. The molecule has 0 aromatic heterocycles. The van der Waals surface area contributed by atoms with E-state index in [2.05, 4.69) is 0 Å². The van der Waals surface area contributed by atoms with E-state index in [1.165, 1.54) is 30.0 Å². The molecule has 0 aliphatic rings. The lowest BCUT2D eigenvalue weighted by Gasteiger charge is -2.11. The molecule has 2 aromatic rings. The van der Waals surface area contributed by atoms with Crippen LogP contribution in [0.2, 0.25) is 0 Å². The number of alkyl halides is 3. The van der Waals surface area contributed by atoms with Crippen LogP contribution < -0.4 is 0 Å². The van der Waals surface area contributed by atoms with Crippen LogP contribution in [0.25, 0.3) is 0 Å². The minimum Gasteiger partial charge on any atom is -0.293 e. The molecule has 2 aromatic carbocycles.